The van der Waals surface area contributed by atoms with E-state index in [1.165, 1.54) is 37.8 Å². The smallest absolute Gasteiger partial charge is 0.258 e. The van der Waals surface area contributed by atoms with E-state index in [9.17, 15) is 9.18 Å². The number of halogens is 1. The topological polar surface area (TPSA) is 51.5 Å². The predicted molar refractivity (Wildman–Crippen MR) is 59.6 cm³/mol. The van der Waals surface area contributed by atoms with Crippen LogP contribution in [0.1, 0.15) is 10.4 Å². The summed E-state index contributed by atoms with van der Waals surface area (Å²) >= 11 is 0. The third-order valence-electron chi connectivity index (χ3n) is 2.19. The van der Waals surface area contributed by atoms with Gasteiger partial charge >= 0.3 is 0 Å². The summed E-state index contributed by atoms with van der Waals surface area (Å²) in [6.45, 7) is 0. The normalized spacial score (nSPS) is 10.0. The van der Waals surface area contributed by atoms with Gasteiger partial charge in [0.1, 0.15) is 6.26 Å². The first-order valence-corrected chi connectivity index (χ1v) is 4.88. The zero-order chi connectivity index (χ0) is 12.3. The molecule has 0 unspecified atom stereocenters. The fourth-order valence-electron chi connectivity index (χ4n) is 1.34. The van der Waals surface area contributed by atoms with Crippen LogP contribution in [-0.2, 0) is 0 Å². The van der Waals surface area contributed by atoms with E-state index in [2.05, 4.69) is 5.32 Å². The Morgan fingerprint density at radius 1 is 1.41 bits per heavy atom. The Hall–Kier alpha value is -2.30. The zero-order valence-corrected chi connectivity index (χ0v) is 9.07. The molecule has 1 aromatic heterocycles. The van der Waals surface area contributed by atoms with E-state index >= 15 is 0 Å². The first kappa shape index (κ1) is 11.2. The lowest BCUT2D eigenvalue weighted by Gasteiger charge is -2.06. The Morgan fingerprint density at radius 3 is 2.82 bits per heavy atom. The molecule has 0 aliphatic carbocycles. The maximum atomic E-state index is 13.3. The molecule has 0 aliphatic rings. The minimum Gasteiger partial charge on any atom is -0.494 e. The highest BCUT2D eigenvalue weighted by Crippen LogP contribution is 2.21. The fraction of sp³-hybridized carbons (Fsp3) is 0.0833. The molecule has 0 aliphatic heterocycles. The van der Waals surface area contributed by atoms with Gasteiger partial charge in [-0.2, -0.15) is 0 Å². The van der Waals surface area contributed by atoms with Gasteiger partial charge < -0.3 is 14.5 Å². The molecule has 1 aromatic carbocycles. The maximum absolute atomic E-state index is 13.3. The third-order valence-corrected chi connectivity index (χ3v) is 2.19. The minimum atomic E-state index is -0.530. The number of rotatable bonds is 3. The van der Waals surface area contributed by atoms with Crippen LogP contribution in [0, 0.1) is 5.82 Å². The van der Waals surface area contributed by atoms with Gasteiger partial charge in [0.25, 0.3) is 5.91 Å². The van der Waals surface area contributed by atoms with Gasteiger partial charge in [-0.15, -0.1) is 0 Å². The van der Waals surface area contributed by atoms with Crippen molar-refractivity contribution in [1.82, 2.24) is 0 Å². The van der Waals surface area contributed by atoms with Gasteiger partial charge in [0, 0.05) is 11.8 Å². The fourth-order valence-corrected chi connectivity index (χ4v) is 1.34. The Bertz CT molecular complexity index is 523. The lowest BCUT2D eigenvalue weighted by Crippen LogP contribution is -2.10. The molecule has 0 spiro atoms. The van der Waals surface area contributed by atoms with E-state index in [1.807, 2.05) is 0 Å². The molecule has 1 heterocycles. The highest BCUT2D eigenvalue weighted by atomic mass is 19.1. The minimum absolute atomic E-state index is 0.131. The molecule has 0 atom stereocenters. The Morgan fingerprint density at radius 2 is 2.24 bits per heavy atom. The number of benzene rings is 1. The summed E-state index contributed by atoms with van der Waals surface area (Å²) in [6, 6.07) is 5.71. The number of amides is 1. The van der Waals surface area contributed by atoms with Crippen LogP contribution in [0.2, 0.25) is 0 Å². The predicted octanol–water partition coefficient (Wildman–Crippen LogP) is 2.68. The highest BCUT2D eigenvalue weighted by Gasteiger charge is 2.09. The summed E-state index contributed by atoms with van der Waals surface area (Å²) in [5.41, 5.74) is 0.732. The first-order valence-electron chi connectivity index (χ1n) is 4.88. The van der Waals surface area contributed by atoms with Gasteiger partial charge in [-0.1, -0.05) is 0 Å². The summed E-state index contributed by atoms with van der Waals surface area (Å²) in [7, 11) is 1.38. The van der Waals surface area contributed by atoms with Crippen molar-refractivity contribution >= 4 is 11.6 Å². The molecule has 17 heavy (non-hydrogen) atoms. The number of carbonyl (C=O) groups excluding carboxylic acids is 1. The monoisotopic (exact) mass is 235 g/mol. The second-order valence-corrected chi connectivity index (χ2v) is 3.32. The van der Waals surface area contributed by atoms with Gasteiger partial charge in [0.05, 0.1) is 18.9 Å². The molecule has 1 amide bonds. The van der Waals surface area contributed by atoms with Crippen molar-refractivity contribution in [3.05, 3.63) is 48.2 Å². The van der Waals surface area contributed by atoms with E-state index < -0.39 is 5.82 Å². The van der Waals surface area contributed by atoms with E-state index in [-0.39, 0.29) is 11.7 Å². The number of carbonyl (C=O) groups is 1. The van der Waals surface area contributed by atoms with Crippen molar-refractivity contribution in [2.45, 2.75) is 0 Å². The van der Waals surface area contributed by atoms with Gasteiger partial charge in [0.2, 0.25) is 0 Å². The molecule has 5 heteroatoms. The van der Waals surface area contributed by atoms with E-state index in [1.54, 1.807) is 6.07 Å². The summed E-state index contributed by atoms with van der Waals surface area (Å²) in [5, 5.41) is 2.54. The number of methoxy groups -OCH3 is 1. The van der Waals surface area contributed by atoms with Gasteiger partial charge in [-0.3, -0.25) is 4.79 Å². The van der Waals surface area contributed by atoms with Crippen LogP contribution in [0.15, 0.2) is 41.2 Å². The van der Waals surface area contributed by atoms with Gasteiger partial charge in [0.15, 0.2) is 11.6 Å². The summed E-state index contributed by atoms with van der Waals surface area (Å²) in [4.78, 5) is 11.6. The third kappa shape index (κ3) is 2.44. The van der Waals surface area contributed by atoms with Crippen molar-refractivity contribution in [2.24, 2.45) is 0 Å². The number of ether oxygens (including phenoxy) is 1. The van der Waals surface area contributed by atoms with Gasteiger partial charge in [-0.05, 0) is 18.2 Å². The quantitative estimate of drug-likeness (QED) is 0.889. The van der Waals surface area contributed by atoms with E-state index in [0.717, 1.165) is 0 Å². The van der Waals surface area contributed by atoms with Crippen LogP contribution < -0.4 is 10.1 Å². The van der Waals surface area contributed by atoms with Crippen LogP contribution in [0.4, 0.5) is 10.1 Å². The lowest BCUT2D eigenvalue weighted by molar-refractivity contribution is 0.102. The number of hydrogen-bond donors (Lipinski definition) is 1. The molecule has 2 aromatic rings. The van der Waals surface area contributed by atoms with Crippen molar-refractivity contribution in [2.75, 3.05) is 12.4 Å². The SMILES string of the molecule is COc1ccc(NC(=O)c2ccoc2)cc1F. The summed E-state index contributed by atoms with van der Waals surface area (Å²) < 4.78 is 22.9. The average Bonchev–Trinajstić information content (AvgIpc) is 2.82. The molecule has 0 saturated carbocycles. The number of nitrogens with one attached hydrogen (secondary N) is 1. The summed E-state index contributed by atoms with van der Waals surface area (Å²) in [5.74, 6) is -0.757. The molecule has 4 nitrogen and oxygen atoms in total. The van der Waals surface area contributed by atoms with Crippen LogP contribution in [0.5, 0.6) is 5.75 Å². The standard InChI is InChI=1S/C12H10FNO3/c1-16-11-3-2-9(6-10(11)13)14-12(15)8-4-5-17-7-8/h2-7H,1H3,(H,14,15). The van der Waals surface area contributed by atoms with Crippen molar-refractivity contribution in [1.29, 1.82) is 0 Å². The number of anilines is 1. The first-order chi connectivity index (χ1) is 8.20. The number of hydrogen-bond acceptors (Lipinski definition) is 3. The van der Waals surface area contributed by atoms with Crippen molar-refractivity contribution < 1.29 is 18.3 Å². The molecule has 0 fully saturated rings. The molecule has 0 bridgehead atoms. The molecule has 88 valence electrons. The van der Waals surface area contributed by atoms with Crippen LogP contribution >= 0.6 is 0 Å². The van der Waals surface area contributed by atoms with E-state index in [4.69, 9.17) is 9.15 Å². The average molecular weight is 235 g/mol. The molecule has 0 saturated heterocycles. The van der Waals surface area contributed by atoms with Crippen molar-refractivity contribution in [3.8, 4) is 5.75 Å². The molecular formula is C12H10FNO3. The summed E-state index contributed by atoms with van der Waals surface area (Å²) in [6.07, 6.45) is 2.71. The van der Waals surface area contributed by atoms with Crippen LogP contribution in [-0.4, -0.2) is 13.0 Å². The largest absolute Gasteiger partial charge is 0.494 e. The molecule has 1 N–H and O–H groups in total. The molecule has 0 radical (unpaired) electrons. The second kappa shape index (κ2) is 4.69. The van der Waals surface area contributed by atoms with Crippen LogP contribution in [0.25, 0.3) is 0 Å². The molecular weight excluding hydrogens is 225 g/mol. The second-order valence-electron chi connectivity index (χ2n) is 3.32. The number of furan rings is 1. The lowest BCUT2D eigenvalue weighted by atomic mass is 10.2. The Balaban J connectivity index is 2.14. The Kier molecular flexibility index (Phi) is 3.09. The Labute approximate surface area is 97.0 Å². The zero-order valence-electron chi connectivity index (χ0n) is 9.07. The maximum Gasteiger partial charge on any atom is 0.258 e. The highest BCUT2D eigenvalue weighted by molar-refractivity contribution is 6.03. The van der Waals surface area contributed by atoms with Crippen LogP contribution in [0.3, 0.4) is 0 Å². The van der Waals surface area contributed by atoms with Crippen molar-refractivity contribution in [3.63, 3.8) is 0 Å². The van der Waals surface area contributed by atoms with Gasteiger partial charge in [-0.25, -0.2) is 4.39 Å². The molecule has 2 rings (SSSR count). The van der Waals surface area contributed by atoms with E-state index in [0.29, 0.717) is 11.3 Å².